The number of aliphatic imine (C=N–C) groups is 1. The molecule has 2 N–H and O–H groups in total. The van der Waals surface area contributed by atoms with Crippen molar-refractivity contribution in [1.29, 1.82) is 0 Å². The summed E-state index contributed by atoms with van der Waals surface area (Å²) in [7, 11) is 5.18. The summed E-state index contributed by atoms with van der Waals surface area (Å²) < 4.78 is 16.4. The molecule has 174 valence electrons. The molecule has 2 aliphatic heterocycles. The summed E-state index contributed by atoms with van der Waals surface area (Å²) in [6, 6.07) is 12.8. The van der Waals surface area contributed by atoms with Crippen LogP contribution in [0.15, 0.2) is 41.4 Å². The number of halogens is 1. The van der Waals surface area contributed by atoms with Gasteiger partial charge in [-0.05, 0) is 30.0 Å². The molecule has 1 fully saturated rings. The quantitative estimate of drug-likeness (QED) is 0.313. The molecule has 1 saturated heterocycles. The predicted octanol–water partition coefficient (Wildman–Crippen LogP) is 3.24. The zero-order chi connectivity index (χ0) is 21.6. The van der Waals surface area contributed by atoms with E-state index in [0.717, 1.165) is 74.4 Å². The van der Waals surface area contributed by atoms with Gasteiger partial charge in [-0.3, -0.25) is 4.99 Å². The van der Waals surface area contributed by atoms with Crippen LogP contribution in [0, 0.1) is 0 Å². The molecule has 0 bridgehead atoms. The second-order valence-electron chi connectivity index (χ2n) is 7.94. The van der Waals surface area contributed by atoms with E-state index in [1.54, 1.807) is 14.2 Å². The van der Waals surface area contributed by atoms with Gasteiger partial charge in [-0.1, -0.05) is 12.1 Å². The highest BCUT2D eigenvalue weighted by molar-refractivity contribution is 14.0. The molecular formula is C24H33IN4O3. The lowest BCUT2D eigenvalue weighted by molar-refractivity contribution is 0.357. The lowest BCUT2D eigenvalue weighted by atomic mass is 10.1. The monoisotopic (exact) mass is 552 g/mol. The Balaban J connectivity index is 0.00000289. The lowest BCUT2D eigenvalue weighted by Crippen LogP contribution is -2.45. The summed E-state index contributed by atoms with van der Waals surface area (Å²) >= 11 is 0. The van der Waals surface area contributed by atoms with Gasteiger partial charge < -0.3 is 29.7 Å². The molecule has 8 heteroatoms. The Kier molecular flexibility index (Phi) is 8.72. The Morgan fingerprint density at radius 3 is 2.66 bits per heavy atom. The molecule has 7 nitrogen and oxygen atoms in total. The third kappa shape index (κ3) is 5.90. The highest BCUT2D eigenvalue weighted by Crippen LogP contribution is 2.30. The minimum Gasteiger partial charge on any atom is -0.497 e. The Bertz CT molecular complexity index is 915. The first-order chi connectivity index (χ1) is 15.2. The largest absolute Gasteiger partial charge is 0.497 e. The van der Waals surface area contributed by atoms with Crippen molar-refractivity contribution in [1.82, 2.24) is 10.6 Å². The zero-order valence-electron chi connectivity index (χ0n) is 19.0. The second kappa shape index (κ2) is 11.5. The fourth-order valence-electron chi connectivity index (χ4n) is 4.20. The highest BCUT2D eigenvalue weighted by Gasteiger charge is 2.24. The molecule has 0 amide bonds. The molecule has 0 aliphatic carbocycles. The van der Waals surface area contributed by atoms with Crippen molar-refractivity contribution in [2.75, 3.05) is 52.4 Å². The number of anilines is 1. The molecule has 0 spiro atoms. The first kappa shape index (κ1) is 24.3. The summed E-state index contributed by atoms with van der Waals surface area (Å²) in [4.78, 5) is 6.76. The molecule has 2 aliphatic rings. The number of rotatable bonds is 7. The standard InChI is InChI=1S/C24H32N4O3.HI/c1-25-24(26-9-6-17-4-5-23-18(12-17)8-11-31-23)27-19-7-10-28(16-19)20-13-21(29-2)15-22(14-20)30-3;/h4-5,12-15,19H,6-11,16H2,1-3H3,(H2,25,26,27);1H. The Morgan fingerprint density at radius 2 is 1.94 bits per heavy atom. The van der Waals surface area contributed by atoms with Gasteiger partial charge in [0, 0.05) is 63.0 Å². The molecule has 32 heavy (non-hydrogen) atoms. The first-order valence-corrected chi connectivity index (χ1v) is 10.9. The number of ether oxygens (including phenoxy) is 3. The number of hydrogen-bond donors (Lipinski definition) is 2. The topological polar surface area (TPSA) is 67.4 Å². The van der Waals surface area contributed by atoms with Crippen LogP contribution in [0.2, 0.25) is 0 Å². The van der Waals surface area contributed by atoms with Gasteiger partial charge in [-0.2, -0.15) is 0 Å². The van der Waals surface area contributed by atoms with E-state index in [4.69, 9.17) is 14.2 Å². The maximum absolute atomic E-state index is 5.59. The van der Waals surface area contributed by atoms with Crippen LogP contribution in [0.25, 0.3) is 0 Å². The van der Waals surface area contributed by atoms with Gasteiger partial charge in [0.05, 0.1) is 20.8 Å². The first-order valence-electron chi connectivity index (χ1n) is 10.9. The molecule has 1 atom stereocenters. The zero-order valence-corrected chi connectivity index (χ0v) is 21.3. The van der Waals surface area contributed by atoms with E-state index in [2.05, 4.69) is 50.9 Å². The summed E-state index contributed by atoms with van der Waals surface area (Å²) in [5.74, 6) is 3.50. The van der Waals surface area contributed by atoms with Crippen LogP contribution in [0.1, 0.15) is 17.5 Å². The molecule has 0 radical (unpaired) electrons. The fourth-order valence-corrected chi connectivity index (χ4v) is 4.20. The average molecular weight is 552 g/mol. The van der Waals surface area contributed by atoms with Gasteiger partial charge in [-0.15, -0.1) is 24.0 Å². The van der Waals surface area contributed by atoms with Crippen LogP contribution in [-0.4, -0.2) is 59.5 Å². The van der Waals surface area contributed by atoms with E-state index in [1.807, 2.05) is 13.1 Å². The highest BCUT2D eigenvalue weighted by atomic mass is 127. The van der Waals surface area contributed by atoms with Crippen LogP contribution in [-0.2, 0) is 12.8 Å². The summed E-state index contributed by atoms with van der Waals surface area (Å²) in [6.07, 6.45) is 3.01. The number of methoxy groups -OCH3 is 2. The Hall–Kier alpha value is -2.36. The van der Waals surface area contributed by atoms with E-state index in [0.29, 0.717) is 6.04 Å². The van der Waals surface area contributed by atoms with Crippen LogP contribution in [0.3, 0.4) is 0 Å². The van der Waals surface area contributed by atoms with Crippen molar-refractivity contribution in [3.05, 3.63) is 47.5 Å². The van der Waals surface area contributed by atoms with Gasteiger partial charge in [-0.25, -0.2) is 0 Å². The number of nitrogens with one attached hydrogen (secondary N) is 2. The number of nitrogens with zero attached hydrogens (tertiary/aromatic N) is 2. The normalized spacial score (nSPS) is 17.3. The van der Waals surface area contributed by atoms with Crippen molar-refractivity contribution in [2.45, 2.75) is 25.3 Å². The molecule has 0 aromatic heterocycles. The van der Waals surface area contributed by atoms with Crippen LogP contribution >= 0.6 is 24.0 Å². The molecule has 4 rings (SSSR count). The van der Waals surface area contributed by atoms with E-state index in [-0.39, 0.29) is 24.0 Å². The van der Waals surface area contributed by atoms with Gasteiger partial charge in [0.2, 0.25) is 0 Å². The van der Waals surface area contributed by atoms with Gasteiger partial charge in [0.25, 0.3) is 0 Å². The third-order valence-electron chi connectivity index (χ3n) is 5.91. The Labute approximate surface area is 207 Å². The molecule has 2 heterocycles. The smallest absolute Gasteiger partial charge is 0.191 e. The SMILES string of the molecule is CN=C(NCCc1ccc2c(c1)CCO2)NC1CCN(c2cc(OC)cc(OC)c2)C1.I. The van der Waals surface area contributed by atoms with Crippen molar-refractivity contribution in [3.8, 4) is 17.2 Å². The summed E-state index contributed by atoms with van der Waals surface area (Å²) in [6.45, 7) is 3.52. The minimum atomic E-state index is 0. The van der Waals surface area contributed by atoms with Crippen molar-refractivity contribution in [3.63, 3.8) is 0 Å². The summed E-state index contributed by atoms with van der Waals surface area (Å²) in [5, 5.41) is 7.02. The number of benzene rings is 2. The van der Waals surface area contributed by atoms with Gasteiger partial charge in [0.15, 0.2) is 5.96 Å². The number of guanidine groups is 1. The van der Waals surface area contributed by atoms with E-state index in [9.17, 15) is 0 Å². The van der Waals surface area contributed by atoms with Crippen molar-refractivity contribution >= 4 is 35.6 Å². The van der Waals surface area contributed by atoms with Gasteiger partial charge >= 0.3 is 0 Å². The molecule has 2 aromatic rings. The molecule has 0 saturated carbocycles. The predicted molar refractivity (Wildman–Crippen MR) is 139 cm³/mol. The number of hydrogen-bond acceptors (Lipinski definition) is 5. The maximum atomic E-state index is 5.59. The Morgan fingerprint density at radius 1 is 1.16 bits per heavy atom. The van der Waals surface area contributed by atoms with Crippen LogP contribution < -0.4 is 29.7 Å². The molecule has 2 aromatic carbocycles. The van der Waals surface area contributed by atoms with E-state index >= 15 is 0 Å². The third-order valence-corrected chi connectivity index (χ3v) is 5.91. The van der Waals surface area contributed by atoms with E-state index in [1.165, 1.54) is 11.1 Å². The average Bonchev–Trinajstić information content (AvgIpc) is 3.47. The number of fused-ring (bicyclic) bond motifs is 1. The maximum Gasteiger partial charge on any atom is 0.191 e. The molecular weight excluding hydrogens is 519 g/mol. The lowest BCUT2D eigenvalue weighted by Gasteiger charge is -2.21. The van der Waals surface area contributed by atoms with Gasteiger partial charge in [0.1, 0.15) is 17.2 Å². The van der Waals surface area contributed by atoms with Crippen LogP contribution in [0.5, 0.6) is 17.2 Å². The van der Waals surface area contributed by atoms with Crippen molar-refractivity contribution in [2.24, 2.45) is 4.99 Å². The molecule has 1 unspecified atom stereocenters. The van der Waals surface area contributed by atoms with Crippen LogP contribution in [0.4, 0.5) is 5.69 Å². The van der Waals surface area contributed by atoms with Crippen molar-refractivity contribution < 1.29 is 14.2 Å². The van der Waals surface area contributed by atoms with E-state index < -0.39 is 0 Å². The second-order valence-corrected chi connectivity index (χ2v) is 7.94. The minimum absolute atomic E-state index is 0. The summed E-state index contributed by atoms with van der Waals surface area (Å²) in [5.41, 5.74) is 3.76. The fraction of sp³-hybridized carbons (Fsp3) is 0.458.